The smallest absolute Gasteiger partial charge is 0.185 e. The van der Waals surface area contributed by atoms with E-state index in [9.17, 15) is 0 Å². The van der Waals surface area contributed by atoms with E-state index in [1.54, 1.807) is 0 Å². The molecule has 6 heteroatoms. The first-order valence-corrected chi connectivity index (χ1v) is 8.85. The quantitative estimate of drug-likeness (QED) is 0.537. The molecule has 0 spiro atoms. The first kappa shape index (κ1) is 15.1. The maximum atomic E-state index is 6.08. The van der Waals surface area contributed by atoms with E-state index in [-0.39, 0.29) is 0 Å². The standard InChI is InChI=1S/C20H20N6/c1-12-9-15(21)10-14-11-25(8-7-16(12)14)20-18-6-4-3-5-17(18)19-23-22-13(2)26(19)24-20/h3-6,9-10H,7-8,11,21H2,1-2H3. The van der Waals surface area contributed by atoms with Gasteiger partial charge in [0.25, 0.3) is 0 Å². The lowest BCUT2D eigenvalue weighted by Crippen LogP contribution is -2.32. The largest absolute Gasteiger partial charge is 0.399 e. The molecule has 26 heavy (non-hydrogen) atoms. The zero-order valence-corrected chi connectivity index (χ0v) is 14.9. The topological polar surface area (TPSA) is 72.3 Å². The minimum atomic E-state index is 0.796. The summed E-state index contributed by atoms with van der Waals surface area (Å²) in [4.78, 5) is 2.34. The monoisotopic (exact) mass is 344 g/mol. The fourth-order valence-corrected chi connectivity index (χ4v) is 4.03. The Morgan fingerprint density at radius 3 is 2.69 bits per heavy atom. The Hall–Kier alpha value is -3.15. The zero-order chi connectivity index (χ0) is 17.8. The molecule has 0 saturated heterocycles. The molecule has 2 N–H and O–H groups in total. The van der Waals surface area contributed by atoms with Gasteiger partial charge in [0.1, 0.15) is 0 Å². The van der Waals surface area contributed by atoms with Crippen molar-refractivity contribution in [2.24, 2.45) is 0 Å². The summed E-state index contributed by atoms with van der Waals surface area (Å²) in [5, 5.41) is 15.6. The Labute approximate surface area is 151 Å². The molecule has 1 aliphatic heterocycles. The Kier molecular flexibility index (Phi) is 3.16. The lowest BCUT2D eigenvalue weighted by Gasteiger charge is -2.31. The van der Waals surface area contributed by atoms with Gasteiger partial charge in [-0.25, -0.2) is 0 Å². The molecule has 0 amide bonds. The molecule has 2 aromatic heterocycles. The Balaban J connectivity index is 1.70. The van der Waals surface area contributed by atoms with Crippen molar-refractivity contribution in [2.75, 3.05) is 17.2 Å². The number of rotatable bonds is 1. The summed E-state index contributed by atoms with van der Waals surface area (Å²) in [6.45, 7) is 5.82. The van der Waals surface area contributed by atoms with Crippen molar-refractivity contribution in [1.29, 1.82) is 0 Å². The van der Waals surface area contributed by atoms with Gasteiger partial charge in [0.05, 0.1) is 0 Å². The first-order chi connectivity index (χ1) is 12.6. The number of benzene rings is 2. The molecule has 4 aromatic rings. The maximum absolute atomic E-state index is 6.08. The summed E-state index contributed by atoms with van der Waals surface area (Å²) < 4.78 is 1.85. The van der Waals surface area contributed by atoms with E-state index >= 15 is 0 Å². The molecule has 2 aromatic carbocycles. The fraction of sp³-hybridized carbons (Fsp3) is 0.250. The van der Waals surface area contributed by atoms with Crippen LogP contribution in [0, 0.1) is 13.8 Å². The van der Waals surface area contributed by atoms with Gasteiger partial charge in [0.2, 0.25) is 0 Å². The summed E-state index contributed by atoms with van der Waals surface area (Å²) in [5.74, 6) is 1.77. The second kappa shape index (κ2) is 5.42. The van der Waals surface area contributed by atoms with E-state index in [1.807, 2.05) is 23.6 Å². The number of anilines is 2. The Bertz CT molecular complexity index is 1160. The molecular formula is C20H20N6. The maximum Gasteiger partial charge on any atom is 0.185 e. The molecule has 0 atom stereocenters. The van der Waals surface area contributed by atoms with Crippen LogP contribution in [-0.2, 0) is 13.0 Å². The minimum absolute atomic E-state index is 0.796. The van der Waals surface area contributed by atoms with Crippen LogP contribution in [0.5, 0.6) is 0 Å². The minimum Gasteiger partial charge on any atom is -0.399 e. The highest BCUT2D eigenvalue weighted by atomic mass is 15.4. The summed E-state index contributed by atoms with van der Waals surface area (Å²) >= 11 is 0. The number of aryl methyl sites for hydroxylation is 2. The predicted molar refractivity (Wildman–Crippen MR) is 103 cm³/mol. The number of hydrogen-bond donors (Lipinski definition) is 1. The molecule has 130 valence electrons. The van der Waals surface area contributed by atoms with Crippen LogP contribution in [0.1, 0.15) is 22.5 Å². The normalized spacial score (nSPS) is 14.2. The van der Waals surface area contributed by atoms with Crippen LogP contribution < -0.4 is 10.6 Å². The van der Waals surface area contributed by atoms with Gasteiger partial charge in [0, 0.05) is 29.5 Å². The number of hydrogen-bond acceptors (Lipinski definition) is 5. The van der Waals surface area contributed by atoms with Crippen molar-refractivity contribution in [3.05, 3.63) is 58.9 Å². The number of fused-ring (bicyclic) bond motifs is 4. The van der Waals surface area contributed by atoms with Crippen LogP contribution in [0.3, 0.4) is 0 Å². The summed E-state index contributed by atoms with van der Waals surface area (Å²) in [6, 6.07) is 12.4. The number of nitrogen functional groups attached to an aromatic ring is 1. The van der Waals surface area contributed by atoms with E-state index in [0.29, 0.717) is 0 Å². The second-order valence-electron chi connectivity index (χ2n) is 7.00. The van der Waals surface area contributed by atoms with Gasteiger partial charge in [-0.3, -0.25) is 0 Å². The van der Waals surface area contributed by atoms with Crippen LogP contribution in [0.15, 0.2) is 36.4 Å². The van der Waals surface area contributed by atoms with Crippen molar-refractivity contribution >= 4 is 27.9 Å². The average molecular weight is 344 g/mol. The highest BCUT2D eigenvalue weighted by Crippen LogP contribution is 2.32. The highest BCUT2D eigenvalue weighted by molar-refractivity contribution is 6.00. The predicted octanol–water partition coefficient (Wildman–Crippen LogP) is 3.04. The van der Waals surface area contributed by atoms with Crippen molar-refractivity contribution < 1.29 is 0 Å². The molecule has 0 fully saturated rings. The highest BCUT2D eigenvalue weighted by Gasteiger charge is 2.22. The Morgan fingerprint density at radius 1 is 1.04 bits per heavy atom. The molecular weight excluding hydrogens is 324 g/mol. The molecule has 3 heterocycles. The molecule has 0 aliphatic carbocycles. The summed E-state index contributed by atoms with van der Waals surface area (Å²) in [7, 11) is 0. The first-order valence-electron chi connectivity index (χ1n) is 8.85. The molecule has 5 rings (SSSR count). The second-order valence-corrected chi connectivity index (χ2v) is 7.00. The molecule has 6 nitrogen and oxygen atoms in total. The number of nitrogens with zero attached hydrogens (tertiary/aromatic N) is 5. The number of aromatic nitrogens is 4. The van der Waals surface area contributed by atoms with E-state index in [1.165, 1.54) is 16.7 Å². The molecule has 0 unspecified atom stereocenters. The third-order valence-corrected chi connectivity index (χ3v) is 5.28. The van der Waals surface area contributed by atoms with Crippen LogP contribution in [0.2, 0.25) is 0 Å². The van der Waals surface area contributed by atoms with Crippen LogP contribution in [-0.4, -0.2) is 26.4 Å². The van der Waals surface area contributed by atoms with Gasteiger partial charge in [-0.05, 0) is 49.1 Å². The van der Waals surface area contributed by atoms with Gasteiger partial charge >= 0.3 is 0 Å². The third-order valence-electron chi connectivity index (χ3n) is 5.28. The van der Waals surface area contributed by atoms with E-state index in [4.69, 9.17) is 10.8 Å². The van der Waals surface area contributed by atoms with Gasteiger partial charge in [-0.2, -0.15) is 4.52 Å². The molecule has 0 bridgehead atoms. The molecule has 0 saturated carbocycles. The summed E-state index contributed by atoms with van der Waals surface area (Å²) in [6.07, 6.45) is 0.997. The summed E-state index contributed by atoms with van der Waals surface area (Å²) in [5.41, 5.74) is 11.7. The lowest BCUT2D eigenvalue weighted by molar-refractivity contribution is 0.706. The van der Waals surface area contributed by atoms with Crippen molar-refractivity contribution in [2.45, 2.75) is 26.8 Å². The van der Waals surface area contributed by atoms with Crippen molar-refractivity contribution in [1.82, 2.24) is 19.8 Å². The van der Waals surface area contributed by atoms with Crippen molar-refractivity contribution in [3.8, 4) is 0 Å². The van der Waals surface area contributed by atoms with E-state index in [2.05, 4.69) is 46.3 Å². The lowest BCUT2D eigenvalue weighted by atomic mass is 9.94. The fourth-order valence-electron chi connectivity index (χ4n) is 4.03. The van der Waals surface area contributed by atoms with Crippen LogP contribution >= 0.6 is 0 Å². The molecule has 0 radical (unpaired) electrons. The Morgan fingerprint density at radius 2 is 1.85 bits per heavy atom. The zero-order valence-electron chi connectivity index (χ0n) is 14.9. The number of nitrogens with two attached hydrogens (primary N) is 1. The van der Waals surface area contributed by atoms with E-state index in [0.717, 1.165) is 53.3 Å². The van der Waals surface area contributed by atoms with Gasteiger partial charge in [-0.1, -0.05) is 24.3 Å². The average Bonchev–Trinajstić information content (AvgIpc) is 3.01. The van der Waals surface area contributed by atoms with Gasteiger partial charge in [-0.15, -0.1) is 15.3 Å². The third kappa shape index (κ3) is 2.15. The SMILES string of the molecule is Cc1cc(N)cc2c1CCN(c1nn3c(C)nnc3c3ccccc13)C2. The van der Waals surface area contributed by atoms with Crippen LogP contribution in [0.4, 0.5) is 11.5 Å². The van der Waals surface area contributed by atoms with E-state index < -0.39 is 0 Å². The van der Waals surface area contributed by atoms with Gasteiger partial charge in [0.15, 0.2) is 17.3 Å². The van der Waals surface area contributed by atoms with Crippen molar-refractivity contribution in [3.63, 3.8) is 0 Å². The van der Waals surface area contributed by atoms with Crippen LogP contribution in [0.25, 0.3) is 16.4 Å². The van der Waals surface area contributed by atoms with Gasteiger partial charge < -0.3 is 10.6 Å². The molecule has 1 aliphatic rings.